The number of hydrogen-bond acceptors (Lipinski definition) is 4. The minimum absolute atomic E-state index is 0.0267. The molecule has 150 valence electrons. The summed E-state index contributed by atoms with van der Waals surface area (Å²) in [6.07, 6.45) is 0.795. The molecule has 0 saturated heterocycles. The average Bonchev–Trinajstić information content (AvgIpc) is 2.79. The lowest BCUT2D eigenvalue weighted by Gasteiger charge is -2.13. The number of rotatable bonds is 6. The summed E-state index contributed by atoms with van der Waals surface area (Å²) >= 11 is 0. The Morgan fingerprint density at radius 1 is 0.933 bits per heavy atom. The van der Waals surface area contributed by atoms with Gasteiger partial charge in [0.1, 0.15) is 5.58 Å². The van der Waals surface area contributed by atoms with Crippen molar-refractivity contribution in [3.63, 3.8) is 0 Å². The molecule has 0 aliphatic heterocycles. The van der Waals surface area contributed by atoms with E-state index < -0.39 is 0 Å². The third-order valence-electron chi connectivity index (χ3n) is 4.81. The van der Waals surface area contributed by atoms with Gasteiger partial charge in [-0.1, -0.05) is 67.6 Å². The number of fused-ring (bicyclic) bond motifs is 1. The van der Waals surface area contributed by atoms with E-state index in [1.54, 1.807) is 24.3 Å². The Hall–Kier alpha value is -3.86. The summed E-state index contributed by atoms with van der Waals surface area (Å²) in [5, 5.41) is 3.26. The average molecular weight is 399 g/mol. The Bertz CT molecular complexity index is 1240. The number of amides is 1. The van der Waals surface area contributed by atoms with Crippen LogP contribution < -0.4 is 15.5 Å². The SMILES string of the molecule is CCc1ccccc1NC(=O)COc1c(-c2ccccc2)oc2ccccc2c1=O. The van der Waals surface area contributed by atoms with Gasteiger partial charge < -0.3 is 14.5 Å². The highest BCUT2D eigenvalue weighted by molar-refractivity contribution is 5.93. The van der Waals surface area contributed by atoms with E-state index in [9.17, 15) is 9.59 Å². The van der Waals surface area contributed by atoms with Crippen LogP contribution in [0.3, 0.4) is 0 Å². The first-order valence-corrected chi connectivity index (χ1v) is 9.79. The molecule has 0 aliphatic rings. The second-order valence-electron chi connectivity index (χ2n) is 6.80. The molecule has 0 saturated carbocycles. The van der Waals surface area contributed by atoms with Gasteiger partial charge in [-0.15, -0.1) is 0 Å². The van der Waals surface area contributed by atoms with Crippen molar-refractivity contribution >= 4 is 22.6 Å². The summed E-state index contributed by atoms with van der Waals surface area (Å²) in [7, 11) is 0. The van der Waals surface area contributed by atoms with E-state index in [-0.39, 0.29) is 23.7 Å². The number of ether oxygens (including phenoxy) is 1. The van der Waals surface area contributed by atoms with Crippen LogP contribution >= 0.6 is 0 Å². The van der Waals surface area contributed by atoms with Crippen molar-refractivity contribution in [2.45, 2.75) is 13.3 Å². The normalized spacial score (nSPS) is 10.7. The summed E-state index contributed by atoms with van der Waals surface area (Å²) in [4.78, 5) is 25.6. The number of anilines is 1. The van der Waals surface area contributed by atoms with Crippen LogP contribution in [0, 0.1) is 0 Å². The molecule has 0 radical (unpaired) electrons. The Balaban J connectivity index is 1.65. The van der Waals surface area contributed by atoms with E-state index in [1.165, 1.54) is 0 Å². The van der Waals surface area contributed by atoms with Crippen molar-refractivity contribution < 1.29 is 13.9 Å². The monoisotopic (exact) mass is 399 g/mol. The molecule has 4 aromatic rings. The van der Waals surface area contributed by atoms with Crippen LogP contribution in [0.15, 0.2) is 88.1 Å². The van der Waals surface area contributed by atoms with Crippen molar-refractivity contribution in [1.29, 1.82) is 0 Å². The van der Waals surface area contributed by atoms with Crippen LogP contribution in [0.5, 0.6) is 5.75 Å². The van der Waals surface area contributed by atoms with E-state index in [1.807, 2.05) is 61.5 Å². The van der Waals surface area contributed by atoms with Gasteiger partial charge in [0.05, 0.1) is 5.39 Å². The molecule has 0 aliphatic carbocycles. The van der Waals surface area contributed by atoms with Crippen LogP contribution in [0.2, 0.25) is 0 Å². The third-order valence-corrected chi connectivity index (χ3v) is 4.81. The van der Waals surface area contributed by atoms with Crippen molar-refractivity contribution in [3.05, 3.63) is 94.6 Å². The van der Waals surface area contributed by atoms with Gasteiger partial charge in [0, 0.05) is 11.3 Å². The molecular formula is C25H21NO4. The lowest BCUT2D eigenvalue weighted by atomic mass is 10.1. The Morgan fingerprint density at radius 3 is 2.43 bits per heavy atom. The highest BCUT2D eigenvalue weighted by Crippen LogP contribution is 2.30. The lowest BCUT2D eigenvalue weighted by Crippen LogP contribution is -2.23. The number of aryl methyl sites for hydroxylation is 1. The molecular weight excluding hydrogens is 378 g/mol. The fourth-order valence-electron chi connectivity index (χ4n) is 3.31. The van der Waals surface area contributed by atoms with Gasteiger partial charge >= 0.3 is 0 Å². The summed E-state index contributed by atoms with van der Waals surface area (Å²) in [5.74, 6) is -0.0117. The predicted molar refractivity (Wildman–Crippen MR) is 118 cm³/mol. The van der Waals surface area contributed by atoms with Crippen LogP contribution in [-0.2, 0) is 11.2 Å². The van der Waals surface area contributed by atoms with E-state index in [0.29, 0.717) is 22.3 Å². The van der Waals surface area contributed by atoms with Crippen LogP contribution in [0.25, 0.3) is 22.3 Å². The molecule has 1 amide bonds. The first kappa shape index (κ1) is 19.5. The molecule has 3 aromatic carbocycles. The van der Waals surface area contributed by atoms with Gasteiger partial charge in [-0.3, -0.25) is 9.59 Å². The summed E-state index contributed by atoms with van der Waals surface area (Å²) in [6, 6.07) is 23.8. The molecule has 1 aromatic heterocycles. The number of para-hydroxylation sites is 2. The fraction of sp³-hybridized carbons (Fsp3) is 0.120. The van der Waals surface area contributed by atoms with Crippen LogP contribution in [0.4, 0.5) is 5.69 Å². The Labute approximate surface area is 173 Å². The maximum absolute atomic E-state index is 13.1. The quantitative estimate of drug-likeness (QED) is 0.493. The Kier molecular flexibility index (Phi) is 5.61. The predicted octanol–water partition coefficient (Wildman–Crippen LogP) is 5.04. The summed E-state index contributed by atoms with van der Waals surface area (Å²) in [5.41, 5.74) is 2.63. The number of carbonyl (C=O) groups is 1. The first-order chi connectivity index (χ1) is 14.7. The molecule has 1 N–H and O–H groups in total. The van der Waals surface area contributed by atoms with Gasteiger partial charge in [-0.2, -0.15) is 0 Å². The molecule has 5 nitrogen and oxygen atoms in total. The minimum atomic E-state index is -0.345. The second-order valence-corrected chi connectivity index (χ2v) is 6.80. The lowest BCUT2D eigenvalue weighted by molar-refractivity contribution is -0.118. The van der Waals surface area contributed by atoms with Gasteiger partial charge in [0.15, 0.2) is 12.4 Å². The van der Waals surface area contributed by atoms with Crippen molar-refractivity contribution in [1.82, 2.24) is 0 Å². The maximum Gasteiger partial charge on any atom is 0.262 e. The maximum atomic E-state index is 13.1. The zero-order valence-electron chi connectivity index (χ0n) is 16.6. The zero-order valence-corrected chi connectivity index (χ0v) is 16.6. The highest BCUT2D eigenvalue weighted by atomic mass is 16.5. The minimum Gasteiger partial charge on any atom is -0.476 e. The standard InChI is InChI=1S/C25H21NO4/c1-2-17-10-6-8-14-20(17)26-22(27)16-29-25-23(28)19-13-7-9-15-21(19)30-24(25)18-11-4-3-5-12-18/h3-15H,2,16H2,1H3,(H,26,27). The van der Waals surface area contributed by atoms with Crippen LogP contribution in [0.1, 0.15) is 12.5 Å². The zero-order chi connectivity index (χ0) is 20.9. The molecule has 0 spiro atoms. The molecule has 1 heterocycles. The van der Waals surface area contributed by atoms with E-state index >= 15 is 0 Å². The summed E-state index contributed by atoms with van der Waals surface area (Å²) in [6.45, 7) is 1.72. The van der Waals surface area contributed by atoms with Crippen molar-refractivity contribution in [2.75, 3.05) is 11.9 Å². The molecule has 5 heteroatoms. The number of nitrogens with one attached hydrogen (secondary N) is 1. The molecule has 0 atom stereocenters. The molecule has 0 fully saturated rings. The second kappa shape index (κ2) is 8.66. The van der Waals surface area contributed by atoms with E-state index in [4.69, 9.17) is 9.15 Å². The number of carbonyl (C=O) groups excluding carboxylic acids is 1. The molecule has 0 bridgehead atoms. The third kappa shape index (κ3) is 3.96. The topological polar surface area (TPSA) is 68.5 Å². The number of hydrogen-bond donors (Lipinski definition) is 1. The largest absolute Gasteiger partial charge is 0.476 e. The van der Waals surface area contributed by atoms with Gasteiger partial charge in [-0.05, 0) is 30.2 Å². The van der Waals surface area contributed by atoms with E-state index in [0.717, 1.165) is 17.7 Å². The van der Waals surface area contributed by atoms with E-state index in [2.05, 4.69) is 5.32 Å². The number of benzene rings is 3. The van der Waals surface area contributed by atoms with Gasteiger partial charge in [0.25, 0.3) is 5.91 Å². The smallest absolute Gasteiger partial charge is 0.262 e. The Morgan fingerprint density at radius 2 is 1.63 bits per heavy atom. The highest BCUT2D eigenvalue weighted by Gasteiger charge is 2.18. The summed E-state index contributed by atoms with van der Waals surface area (Å²) < 4.78 is 11.7. The van der Waals surface area contributed by atoms with Crippen molar-refractivity contribution in [2.24, 2.45) is 0 Å². The molecule has 30 heavy (non-hydrogen) atoms. The molecule has 0 unspecified atom stereocenters. The van der Waals surface area contributed by atoms with Crippen molar-refractivity contribution in [3.8, 4) is 17.1 Å². The van der Waals surface area contributed by atoms with Crippen LogP contribution in [-0.4, -0.2) is 12.5 Å². The first-order valence-electron chi connectivity index (χ1n) is 9.79. The van der Waals surface area contributed by atoms with Gasteiger partial charge in [0.2, 0.25) is 11.2 Å². The molecule has 4 rings (SSSR count). The fourth-order valence-corrected chi connectivity index (χ4v) is 3.31. The van der Waals surface area contributed by atoms with Gasteiger partial charge in [-0.25, -0.2) is 0 Å².